The van der Waals surface area contributed by atoms with Crippen LogP contribution in [-0.2, 0) is 23.5 Å². The van der Waals surface area contributed by atoms with Crippen LogP contribution < -0.4 is 5.32 Å². The highest BCUT2D eigenvalue weighted by Crippen LogP contribution is 2.38. The van der Waals surface area contributed by atoms with Gasteiger partial charge in [0.1, 0.15) is 0 Å². The number of amides is 1. The summed E-state index contributed by atoms with van der Waals surface area (Å²) in [4.78, 5) is 24.6. The molecule has 0 saturated heterocycles. The number of hydrogen-bond donors (Lipinski definition) is 2. The van der Waals surface area contributed by atoms with Gasteiger partial charge in [-0.15, -0.1) is 0 Å². The Labute approximate surface area is 281 Å². The molecular weight excluding hydrogens is 611 g/mol. The average Bonchev–Trinajstić information content (AvgIpc) is 2.94. The van der Waals surface area contributed by atoms with Gasteiger partial charge in [0.25, 0.3) is 0 Å². The van der Waals surface area contributed by atoms with E-state index in [0.717, 1.165) is 17.2 Å². The zero-order valence-electron chi connectivity index (χ0n) is 30.6. The summed E-state index contributed by atoms with van der Waals surface area (Å²) in [5, 5.41) is 12.4. The van der Waals surface area contributed by atoms with Crippen LogP contribution in [0.25, 0.3) is 6.08 Å². The fourth-order valence-corrected chi connectivity index (χ4v) is 8.55. The van der Waals surface area contributed by atoms with Crippen molar-refractivity contribution in [3.63, 3.8) is 0 Å². The molecule has 258 valence electrons. The molecule has 0 aliphatic heterocycles. The second-order valence-electron chi connectivity index (χ2n) is 14.9. The zero-order valence-corrected chi connectivity index (χ0v) is 32.6. The molecule has 1 amide bonds. The fraction of sp³-hybridized carbons (Fsp3) is 0.568. The van der Waals surface area contributed by atoms with Crippen molar-refractivity contribution in [2.75, 3.05) is 14.2 Å². The van der Waals surface area contributed by atoms with E-state index in [1.807, 2.05) is 31.2 Å². The minimum Gasteiger partial charge on any atom is -0.478 e. The summed E-state index contributed by atoms with van der Waals surface area (Å²) < 4.78 is 18.6. The van der Waals surface area contributed by atoms with Crippen LogP contribution in [0.2, 0.25) is 37.8 Å². The fourth-order valence-electron chi connectivity index (χ4n) is 5.17. The second kappa shape index (κ2) is 18.7. The van der Waals surface area contributed by atoms with Crippen molar-refractivity contribution < 1.29 is 28.6 Å². The van der Waals surface area contributed by atoms with Gasteiger partial charge in [-0.05, 0) is 42.6 Å². The van der Waals surface area contributed by atoms with Crippen molar-refractivity contribution in [3.8, 4) is 0 Å². The molecule has 0 aromatic heterocycles. The predicted molar refractivity (Wildman–Crippen MR) is 197 cm³/mol. The Morgan fingerprint density at radius 2 is 1.57 bits per heavy atom. The minimum absolute atomic E-state index is 0.0350. The number of carbonyl (C=O) groups is 2. The van der Waals surface area contributed by atoms with E-state index in [0.29, 0.717) is 6.42 Å². The van der Waals surface area contributed by atoms with E-state index < -0.39 is 22.4 Å². The topological polar surface area (TPSA) is 94.1 Å². The molecule has 0 heterocycles. The van der Waals surface area contributed by atoms with Gasteiger partial charge in [0.15, 0.2) is 8.32 Å². The molecule has 0 bridgehead atoms. The molecule has 0 saturated carbocycles. The number of rotatable bonds is 18. The van der Waals surface area contributed by atoms with Crippen molar-refractivity contribution >= 4 is 34.3 Å². The number of methoxy groups -OCH3 is 2. The highest BCUT2D eigenvalue weighted by Gasteiger charge is 2.43. The molecule has 9 heteroatoms. The van der Waals surface area contributed by atoms with Crippen molar-refractivity contribution in [1.29, 1.82) is 0 Å². The van der Waals surface area contributed by atoms with Gasteiger partial charge in [0.2, 0.25) is 5.91 Å². The van der Waals surface area contributed by atoms with Crippen LogP contribution in [0.4, 0.5) is 0 Å². The maximum absolute atomic E-state index is 13.4. The molecule has 46 heavy (non-hydrogen) atoms. The van der Waals surface area contributed by atoms with Gasteiger partial charge in [-0.25, -0.2) is 4.79 Å². The minimum atomic E-state index is -2.21. The number of allylic oxidation sites excluding steroid dienone is 2. The highest BCUT2D eigenvalue weighted by molar-refractivity contribution is 6.78. The lowest BCUT2D eigenvalue weighted by atomic mass is 9.88. The Bertz CT molecular complexity index is 1210. The Hall–Kier alpha value is -2.57. The van der Waals surface area contributed by atoms with E-state index in [1.165, 1.54) is 0 Å². The van der Waals surface area contributed by atoms with Crippen molar-refractivity contribution in [1.82, 2.24) is 5.32 Å². The summed E-state index contributed by atoms with van der Waals surface area (Å²) in [6, 6.07) is 10.1. The molecule has 2 unspecified atom stereocenters. The predicted octanol–water partition coefficient (Wildman–Crippen LogP) is 8.29. The molecule has 2 N–H and O–H groups in total. The first kappa shape index (κ1) is 41.5. The number of benzene rings is 1. The Morgan fingerprint density at radius 1 is 0.957 bits per heavy atom. The van der Waals surface area contributed by atoms with E-state index in [4.69, 9.17) is 13.9 Å². The molecule has 7 nitrogen and oxygen atoms in total. The van der Waals surface area contributed by atoms with E-state index in [9.17, 15) is 14.7 Å². The van der Waals surface area contributed by atoms with Crippen LogP contribution in [0.15, 0.2) is 72.4 Å². The lowest BCUT2D eigenvalue weighted by Gasteiger charge is -2.44. The molecule has 1 rings (SSSR count). The number of carbonyl (C=O) groups excluding carboxylic acids is 1. The van der Waals surface area contributed by atoms with E-state index in [-0.39, 0.29) is 46.8 Å². The van der Waals surface area contributed by atoms with Crippen molar-refractivity contribution in [3.05, 3.63) is 77.9 Å². The number of nitrogens with one attached hydrogen (secondary N) is 1. The normalized spacial score (nSPS) is 17.6. The largest absolute Gasteiger partial charge is 0.478 e. The molecule has 0 fully saturated rings. The molecule has 1 aromatic rings. The van der Waals surface area contributed by atoms with Gasteiger partial charge in [-0.1, -0.05) is 115 Å². The smallest absolute Gasteiger partial charge is 0.327 e. The van der Waals surface area contributed by atoms with Gasteiger partial charge < -0.3 is 24.3 Å². The Morgan fingerprint density at radius 3 is 2.07 bits per heavy atom. The van der Waals surface area contributed by atoms with Crippen LogP contribution in [0, 0.1) is 11.8 Å². The maximum atomic E-state index is 13.4. The third kappa shape index (κ3) is 14.1. The van der Waals surface area contributed by atoms with Crippen molar-refractivity contribution in [2.45, 2.75) is 110 Å². The highest BCUT2D eigenvalue weighted by atomic mass is 28.4. The first-order valence-electron chi connectivity index (χ1n) is 16.3. The first-order chi connectivity index (χ1) is 21.2. The third-order valence-corrected chi connectivity index (χ3v) is 15.8. The Kier molecular flexibility index (Phi) is 16.8. The van der Waals surface area contributed by atoms with Crippen LogP contribution in [0.3, 0.4) is 0 Å². The van der Waals surface area contributed by atoms with Crippen LogP contribution in [-0.4, -0.2) is 71.6 Å². The lowest BCUT2D eigenvalue weighted by Crippen LogP contribution is -2.60. The molecule has 0 aliphatic carbocycles. The number of hydrogen-bond acceptors (Lipinski definition) is 5. The quantitative estimate of drug-likeness (QED) is 0.0927. The van der Waals surface area contributed by atoms with E-state index >= 15 is 0 Å². The molecule has 0 radical (unpaired) electrons. The first-order valence-corrected chi connectivity index (χ1v) is 22.7. The average molecular weight is 672 g/mol. The summed E-state index contributed by atoms with van der Waals surface area (Å²) in [6.45, 7) is 23.7. The number of carboxylic acid groups (broad SMARTS) is 1. The summed E-state index contributed by atoms with van der Waals surface area (Å²) in [5.41, 5.74) is 1.72. The summed E-state index contributed by atoms with van der Waals surface area (Å²) in [5.74, 6) is -1.04. The number of ether oxygens (including phenoxy) is 2. The second-order valence-corrected chi connectivity index (χ2v) is 25.0. The summed E-state index contributed by atoms with van der Waals surface area (Å²) in [7, 11) is -0.786. The Balaban J connectivity index is 3.14. The SMILES string of the molecule is CO[C@H]([C@H](C)[C@H](/C=C/c1ccccc1)OC)[C@@H](C)/C=C/C(C)=C/C(=O)NC(C(C/C=C\C(=O)O)O[Si](C)(C)C(C)(C)C)[Si](C)(C)C. The standard InChI is InChI=1S/C37H61NO6Si2/c1-27(22-23-28(2)35(43-8)29(3)31(42-7)25-24-30-18-15-14-16-19-30)26-33(39)38-36(45(9,10)11)32(20-17-21-34(40)41)44-46(12,13)37(4,5)6/h14-19,21-26,28-29,31-32,35-36H,20H2,1-13H3,(H,38,39)(H,40,41)/b21-17-,23-22+,25-24+,27-26+/t28-,29+,31-,32?,35-,36?/m0/s1. The van der Waals surface area contributed by atoms with Gasteiger partial charge >= 0.3 is 5.97 Å². The van der Waals surface area contributed by atoms with Crippen LogP contribution in [0.5, 0.6) is 0 Å². The van der Waals surface area contributed by atoms with Gasteiger partial charge in [0.05, 0.1) is 26.4 Å². The van der Waals surface area contributed by atoms with Gasteiger partial charge in [0, 0.05) is 43.9 Å². The number of aliphatic carboxylic acids is 1. The monoisotopic (exact) mass is 671 g/mol. The molecule has 0 spiro atoms. The van der Waals surface area contributed by atoms with Crippen LogP contribution >= 0.6 is 0 Å². The van der Waals surface area contributed by atoms with Gasteiger partial charge in [-0.3, -0.25) is 4.79 Å². The van der Waals surface area contributed by atoms with E-state index in [1.54, 1.807) is 26.4 Å². The summed E-state index contributed by atoms with van der Waals surface area (Å²) in [6.07, 6.45) is 12.5. The molecule has 6 atom stereocenters. The third-order valence-electron chi connectivity index (χ3n) is 8.88. The zero-order chi connectivity index (χ0) is 35.3. The van der Waals surface area contributed by atoms with E-state index in [2.05, 4.69) is 103 Å². The molecular formula is C37H61NO6Si2. The molecule has 0 aliphatic rings. The summed E-state index contributed by atoms with van der Waals surface area (Å²) >= 11 is 0. The number of carboxylic acids is 1. The van der Waals surface area contributed by atoms with Crippen LogP contribution in [0.1, 0.15) is 53.5 Å². The maximum Gasteiger partial charge on any atom is 0.327 e. The van der Waals surface area contributed by atoms with Gasteiger partial charge in [-0.2, -0.15) is 0 Å². The molecule has 1 aromatic carbocycles. The van der Waals surface area contributed by atoms with Crippen molar-refractivity contribution in [2.24, 2.45) is 11.8 Å². The lowest BCUT2D eigenvalue weighted by molar-refractivity contribution is -0.131.